The van der Waals surface area contributed by atoms with Crippen LogP contribution >= 0.6 is 46.4 Å². The van der Waals surface area contributed by atoms with Crippen molar-refractivity contribution in [2.75, 3.05) is 21.3 Å². The van der Waals surface area contributed by atoms with Gasteiger partial charge in [-0.2, -0.15) is 46.8 Å². The number of anilines is 4. The van der Waals surface area contributed by atoms with E-state index in [0.717, 1.165) is 38.1 Å². The third-order valence-electron chi connectivity index (χ3n) is 9.85. The van der Waals surface area contributed by atoms with Crippen LogP contribution in [0.15, 0.2) is 105 Å². The second-order valence-electron chi connectivity index (χ2n) is 14.9. The lowest BCUT2D eigenvalue weighted by molar-refractivity contribution is -0.138. The zero-order valence-corrected chi connectivity index (χ0v) is 39.7. The molecule has 70 heavy (non-hydrogen) atoms. The molecular weight excluding hydrogens is 1020 g/mol. The molecule has 0 heterocycles. The molecule has 24 heteroatoms. The fourth-order valence-electron chi connectivity index (χ4n) is 6.60. The third-order valence-corrected chi connectivity index (χ3v) is 10.9. The van der Waals surface area contributed by atoms with E-state index in [4.69, 9.17) is 46.4 Å². The topological polar surface area (TPSA) is 200 Å². The van der Waals surface area contributed by atoms with Crippen LogP contribution in [0.3, 0.4) is 0 Å². The molecule has 366 valence electrons. The molecule has 0 fully saturated rings. The lowest BCUT2D eigenvalue weighted by Gasteiger charge is -2.20. The maximum absolute atomic E-state index is 13.6. The summed E-state index contributed by atoms with van der Waals surface area (Å²) in [5.41, 5.74) is -1.03. The Balaban J connectivity index is 1.30. The van der Waals surface area contributed by atoms with Crippen LogP contribution in [0.2, 0.25) is 20.1 Å². The van der Waals surface area contributed by atoms with Crippen molar-refractivity contribution >= 4 is 116 Å². The molecule has 5 aromatic carbocycles. The number of Topliss-reactive ketones (excluding diaryl/α,β-unsaturated/α-hetero) is 2. The molecule has 0 radical (unpaired) electrons. The normalized spacial score (nSPS) is 12.7. The van der Waals surface area contributed by atoms with Gasteiger partial charge in [0.25, 0.3) is 23.6 Å². The van der Waals surface area contributed by atoms with Crippen LogP contribution in [0, 0.1) is 0 Å². The largest absolute Gasteiger partial charge is 0.417 e. The maximum atomic E-state index is 13.6. The quantitative estimate of drug-likeness (QED) is 0.0430. The Bertz CT molecular complexity index is 2770. The average molecular weight is 1050 g/mol. The molecule has 14 nitrogen and oxygen atoms in total. The van der Waals surface area contributed by atoms with Crippen LogP contribution in [0.5, 0.6) is 0 Å². The van der Waals surface area contributed by atoms with Crippen molar-refractivity contribution < 1.29 is 55.1 Å². The molecule has 0 spiro atoms. The van der Waals surface area contributed by atoms with Gasteiger partial charge in [0.15, 0.2) is 11.6 Å². The van der Waals surface area contributed by atoms with Crippen LogP contribution in [-0.4, -0.2) is 47.3 Å². The summed E-state index contributed by atoms with van der Waals surface area (Å²) in [6.45, 7) is 5.73. The van der Waals surface area contributed by atoms with Gasteiger partial charge in [-0.3, -0.25) is 28.8 Å². The first kappa shape index (κ1) is 54.2. The lowest BCUT2D eigenvalue weighted by Crippen LogP contribution is -2.33. The number of nitrogens with zero attached hydrogens (tertiary/aromatic N) is 4. The first-order valence-electron chi connectivity index (χ1n) is 20.4. The summed E-state index contributed by atoms with van der Waals surface area (Å²) >= 11 is 24.0. The second kappa shape index (κ2) is 22.8. The zero-order chi connectivity index (χ0) is 51.8. The number of hydrogen-bond donors (Lipinski definition) is 4. The standard InChI is InChI=1S/C46H36Cl4F6N8O6/c1-5-31-32(6-2)38(60-44(70)40(22(4)66)64-62-30-16-24(14-26(48)18-30)42(68)58-28-8-10-34(36(50)20-28)46(54,55)56)12-11-37(31)59-43(69)39(21(3)65)63-61-29-15-23(13-25(47)17-29)41(67)57-27-7-9-33(35(49)19-27)45(51,52)53/h7-20,39-40H,5-6H2,1-4H3,(H,57,67)(H,58,68)(H,59,69)(H,60,70). The van der Waals surface area contributed by atoms with Crippen molar-refractivity contribution in [3.8, 4) is 0 Å². The van der Waals surface area contributed by atoms with E-state index in [-0.39, 0.29) is 55.3 Å². The van der Waals surface area contributed by atoms with Crippen LogP contribution < -0.4 is 21.3 Å². The van der Waals surface area contributed by atoms with Crippen LogP contribution in [0.4, 0.5) is 60.5 Å². The van der Waals surface area contributed by atoms with E-state index in [0.29, 0.717) is 36.1 Å². The average Bonchev–Trinajstić information content (AvgIpc) is 3.25. The number of rotatable bonds is 16. The number of carbonyl (C=O) groups is 6. The molecule has 5 rings (SSSR count). The van der Waals surface area contributed by atoms with Gasteiger partial charge in [-0.25, -0.2) is 0 Å². The summed E-state index contributed by atoms with van der Waals surface area (Å²) in [6.07, 6.45) is -8.83. The third kappa shape index (κ3) is 14.0. The number of nitrogens with one attached hydrogen (secondary N) is 4. The van der Waals surface area contributed by atoms with E-state index in [2.05, 4.69) is 41.7 Å². The Kier molecular flexibility index (Phi) is 17.6. The van der Waals surface area contributed by atoms with Gasteiger partial charge in [0.1, 0.15) is 0 Å². The predicted octanol–water partition coefficient (Wildman–Crippen LogP) is 13.3. The molecule has 0 aliphatic heterocycles. The van der Waals surface area contributed by atoms with E-state index in [1.165, 1.54) is 48.5 Å². The van der Waals surface area contributed by atoms with E-state index < -0.39 is 80.8 Å². The van der Waals surface area contributed by atoms with Gasteiger partial charge in [-0.05, 0) is 123 Å². The number of azo groups is 2. The van der Waals surface area contributed by atoms with Gasteiger partial charge in [-0.15, -0.1) is 0 Å². The molecule has 0 aliphatic rings. The summed E-state index contributed by atoms with van der Waals surface area (Å²) in [5, 5.41) is 24.6. The molecule has 5 aromatic rings. The Hall–Kier alpha value is -6.74. The van der Waals surface area contributed by atoms with Crippen LogP contribution in [0.25, 0.3) is 0 Å². The lowest BCUT2D eigenvalue weighted by atomic mass is 9.98. The summed E-state index contributed by atoms with van der Waals surface area (Å²) in [4.78, 5) is 78.6. The predicted molar refractivity (Wildman–Crippen MR) is 252 cm³/mol. The summed E-state index contributed by atoms with van der Waals surface area (Å²) < 4.78 is 78.8. The summed E-state index contributed by atoms with van der Waals surface area (Å²) in [5.74, 6) is -4.84. The van der Waals surface area contributed by atoms with Gasteiger partial charge in [0.05, 0.1) is 32.5 Å². The maximum Gasteiger partial charge on any atom is 0.417 e. The summed E-state index contributed by atoms with van der Waals surface area (Å²) in [7, 11) is 0. The molecule has 0 aromatic heterocycles. The molecule has 2 atom stereocenters. The fraction of sp³-hybridized carbons (Fsp3) is 0.217. The number of benzene rings is 5. The minimum Gasteiger partial charge on any atom is -0.323 e. The SMILES string of the molecule is CCc1c(NC(=O)C(N=Nc2cc(Cl)cc(C(=O)Nc3ccc(C(F)(F)F)c(Cl)c3)c2)C(C)=O)ccc(NC(=O)C(N=Nc2cc(Cl)cc(C(=O)Nc3ccc(C(F)(F)F)c(Cl)c3)c2)C(C)=O)c1CC. The fourth-order valence-corrected chi connectivity index (χ4v) is 7.63. The Morgan fingerprint density at radius 2 is 0.871 bits per heavy atom. The van der Waals surface area contributed by atoms with Crippen molar-refractivity contribution in [2.45, 2.75) is 65.0 Å². The number of ketones is 2. The molecular formula is C46H36Cl4F6N8O6. The first-order chi connectivity index (χ1) is 32.8. The number of amides is 4. The number of carbonyl (C=O) groups excluding carboxylic acids is 6. The molecule has 0 aliphatic carbocycles. The minimum atomic E-state index is -4.71. The highest BCUT2D eigenvalue weighted by molar-refractivity contribution is 6.33. The number of halogens is 10. The summed E-state index contributed by atoms with van der Waals surface area (Å²) in [6, 6.07) is 12.2. The van der Waals surface area contributed by atoms with Crippen LogP contribution in [0.1, 0.15) is 70.7 Å². The molecule has 2 unspecified atom stereocenters. The van der Waals surface area contributed by atoms with Gasteiger partial charge in [0.2, 0.25) is 12.1 Å². The zero-order valence-electron chi connectivity index (χ0n) is 36.7. The molecule has 0 saturated carbocycles. The Morgan fingerprint density at radius 1 is 0.514 bits per heavy atom. The monoisotopic (exact) mass is 1050 g/mol. The van der Waals surface area contributed by atoms with Gasteiger partial charge in [0, 0.05) is 43.9 Å². The van der Waals surface area contributed by atoms with Crippen molar-refractivity contribution in [1.29, 1.82) is 0 Å². The molecule has 4 N–H and O–H groups in total. The highest BCUT2D eigenvalue weighted by Gasteiger charge is 2.34. The highest BCUT2D eigenvalue weighted by atomic mass is 35.5. The van der Waals surface area contributed by atoms with Gasteiger partial charge < -0.3 is 21.3 Å². The van der Waals surface area contributed by atoms with E-state index in [1.807, 2.05) is 0 Å². The molecule has 0 saturated heterocycles. The van der Waals surface area contributed by atoms with Crippen LogP contribution in [-0.2, 0) is 44.4 Å². The molecule has 0 bridgehead atoms. The van der Waals surface area contributed by atoms with Gasteiger partial charge >= 0.3 is 12.4 Å². The smallest absolute Gasteiger partial charge is 0.323 e. The molecule has 4 amide bonds. The van der Waals surface area contributed by atoms with Gasteiger partial charge in [-0.1, -0.05) is 60.3 Å². The number of hydrogen-bond acceptors (Lipinski definition) is 10. The van der Waals surface area contributed by atoms with Crippen molar-refractivity contribution in [3.63, 3.8) is 0 Å². The van der Waals surface area contributed by atoms with E-state index in [1.54, 1.807) is 13.8 Å². The Labute approximate surface area is 414 Å². The minimum absolute atomic E-state index is 0.00704. The Morgan fingerprint density at radius 3 is 1.17 bits per heavy atom. The van der Waals surface area contributed by atoms with Crippen molar-refractivity contribution in [2.24, 2.45) is 20.5 Å². The first-order valence-corrected chi connectivity index (χ1v) is 21.9. The highest BCUT2D eigenvalue weighted by Crippen LogP contribution is 2.38. The van der Waals surface area contributed by atoms with Crippen molar-refractivity contribution in [3.05, 3.63) is 138 Å². The second-order valence-corrected chi connectivity index (χ2v) is 16.6. The van der Waals surface area contributed by atoms with E-state index >= 15 is 0 Å². The number of alkyl halides is 6. The van der Waals surface area contributed by atoms with Crippen molar-refractivity contribution in [1.82, 2.24) is 0 Å². The van der Waals surface area contributed by atoms with E-state index in [9.17, 15) is 55.1 Å².